The van der Waals surface area contributed by atoms with Crippen molar-refractivity contribution >= 4 is 11.8 Å². The Balaban J connectivity index is 1.73. The molecule has 2 N–H and O–H groups in total. The van der Waals surface area contributed by atoms with Gasteiger partial charge in [0.25, 0.3) is 0 Å². The molecule has 0 spiro atoms. The number of hydrogen-bond acceptors (Lipinski definition) is 4. The number of aromatic nitrogens is 2. The monoisotopic (exact) mass is 233 g/mol. The standard InChI is InChI=1S/C12H19N5/c1-2-4-10(5-3-1)17-11(6-7-15-17)16-12-13-8-9-14-12/h6-7,10H,1-5,8-9H2,(H2,13,14,16). The van der Waals surface area contributed by atoms with Crippen LogP contribution < -0.4 is 10.6 Å². The van der Waals surface area contributed by atoms with E-state index in [1.165, 1.54) is 32.1 Å². The Kier molecular flexibility index (Phi) is 2.98. The van der Waals surface area contributed by atoms with Gasteiger partial charge in [-0.25, -0.2) is 4.68 Å². The molecule has 0 unspecified atom stereocenters. The molecule has 3 rings (SSSR count). The lowest BCUT2D eigenvalue weighted by Gasteiger charge is -2.24. The van der Waals surface area contributed by atoms with E-state index in [1.807, 2.05) is 12.3 Å². The largest absolute Gasteiger partial charge is 0.354 e. The van der Waals surface area contributed by atoms with E-state index in [9.17, 15) is 0 Å². The van der Waals surface area contributed by atoms with Gasteiger partial charge in [0.2, 0.25) is 0 Å². The van der Waals surface area contributed by atoms with E-state index in [0.29, 0.717) is 6.04 Å². The molecule has 92 valence electrons. The maximum absolute atomic E-state index is 4.45. The summed E-state index contributed by atoms with van der Waals surface area (Å²) in [6, 6.07) is 2.58. The van der Waals surface area contributed by atoms with Gasteiger partial charge in [0.15, 0.2) is 5.96 Å². The van der Waals surface area contributed by atoms with Crippen LogP contribution in [0.3, 0.4) is 0 Å². The number of hydrogen-bond donors (Lipinski definition) is 2. The molecular weight excluding hydrogens is 214 g/mol. The minimum atomic E-state index is 0.559. The highest BCUT2D eigenvalue weighted by molar-refractivity contribution is 5.93. The SMILES string of the molecule is c1cc(NC2=NCCN2)n(C2CCCCC2)n1. The number of nitrogens with zero attached hydrogens (tertiary/aromatic N) is 3. The van der Waals surface area contributed by atoms with Gasteiger partial charge in [-0.3, -0.25) is 4.99 Å². The molecule has 1 aliphatic heterocycles. The summed E-state index contributed by atoms with van der Waals surface area (Å²) in [4.78, 5) is 4.35. The molecule has 5 heteroatoms. The normalized spacial score (nSPS) is 21.1. The lowest BCUT2D eigenvalue weighted by Crippen LogP contribution is -2.28. The molecule has 1 fully saturated rings. The van der Waals surface area contributed by atoms with Crippen molar-refractivity contribution in [2.24, 2.45) is 4.99 Å². The Labute approximate surface area is 101 Å². The molecule has 0 bridgehead atoms. The maximum atomic E-state index is 4.45. The van der Waals surface area contributed by atoms with Crippen LogP contribution in [0.4, 0.5) is 5.82 Å². The Morgan fingerprint density at radius 2 is 2.18 bits per heavy atom. The van der Waals surface area contributed by atoms with Gasteiger partial charge in [-0.1, -0.05) is 19.3 Å². The zero-order valence-corrected chi connectivity index (χ0v) is 10.0. The Bertz CT molecular complexity index is 403. The van der Waals surface area contributed by atoms with Gasteiger partial charge in [-0.15, -0.1) is 0 Å². The molecule has 2 heterocycles. The van der Waals surface area contributed by atoms with Crippen LogP contribution in [0.15, 0.2) is 17.3 Å². The quantitative estimate of drug-likeness (QED) is 0.818. The first-order chi connectivity index (χ1) is 8.43. The molecule has 1 saturated carbocycles. The van der Waals surface area contributed by atoms with Crippen LogP contribution in [0.5, 0.6) is 0 Å². The minimum Gasteiger partial charge on any atom is -0.354 e. The van der Waals surface area contributed by atoms with Crippen molar-refractivity contribution in [1.29, 1.82) is 0 Å². The number of anilines is 1. The molecule has 0 radical (unpaired) electrons. The number of nitrogens with one attached hydrogen (secondary N) is 2. The van der Waals surface area contributed by atoms with Gasteiger partial charge in [0, 0.05) is 12.6 Å². The Hall–Kier alpha value is -1.52. The van der Waals surface area contributed by atoms with Crippen LogP contribution in [-0.2, 0) is 0 Å². The number of guanidine groups is 1. The maximum Gasteiger partial charge on any atom is 0.197 e. The zero-order valence-electron chi connectivity index (χ0n) is 10.0. The van der Waals surface area contributed by atoms with Crippen molar-refractivity contribution in [1.82, 2.24) is 15.1 Å². The summed E-state index contributed by atoms with van der Waals surface area (Å²) in [6.45, 7) is 1.79. The van der Waals surface area contributed by atoms with Crippen molar-refractivity contribution in [3.63, 3.8) is 0 Å². The number of aliphatic imine (C=N–C) groups is 1. The summed E-state index contributed by atoms with van der Waals surface area (Å²) < 4.78 is 2.13. The molecule has 1 aromatic heterocycles. The molecular formula is C12H19N5. The highest BCUT2D eigenvalue weighted by Crippen LogP contribution is 2.29. The van der Waals surface area contributed by atoms with E-state index in [0.717, 1.165) is 24.9 Å². The predicted octanol–water partition coefficient (Wildman–Crippen LogP) is 1.76. The second kappa shape index (κ2) is 4.77. The first-order valence-corrected chi connectivity index (χ1v) is 6.52. The van der Waals surface area contributed by atoms with Gasteiger partial charge in [-0.2, -0.15) is 5.10 Å². The number of rotatable bonds is 2. The van der Waals surface area contributed by atoms with Gasteiger partial charge >= 0.3 is 0 Å². The van der Waals surface area contributed by atoms with Crippen LogP contribution >= 0.6 is 0 Å². The second-order valence-electron chi connectivity index (χ2n) is 4.73. The average molecular weight is 233 g/mol. The lowest BCUT2D eigenvalue weighted by molar-refractivity contribution is 0.333. The fourth-order valence-electron chi connectivity index (χ4n) is 2.63. The highest BCUT2D eigenvalue weighted by atomic mass is 15.4. The van der Waals surface area contributed by atoms with E-state index < -0.39 is 0 Å². The van der Waals surface area contributed by atoms with E-state index in [-0.39, 0.29) is 0 Å². The van der Waals surface area contributed by atoms with E-state index >= 15 is 0 Å². The van der Waals surface area contributed by atoms with Crippen molar-refractivity contribution in [2.75, 3.05) is 18.4 Å². The summed E-state index contributed by atoms with van der Waals surface area (Å²) in [5, 5.41) is 11.0. The third-order valence-corrected chi connectivity index (χ3v) is 3.51. The topological polar surface area (TPSA) is 54.2 Å². The van der Waals surface area contributed by atoms with Crippen molar-refractivity contribution in [3.05, 3.63) is 12.3 Å². The Morgan fingerprint density at radius 1 is 1.29 bits per heavy atom. The van der Waals surface area contributed by atoms with Crippen LogP contribution in [0.25, 0.3) is 0 Å². The average Bonchev–Trinajstić information content (AvgIpc) is 3.02. The lowest BCUT2D eigenvalue weighted by atomic mass is 9.96. The summed E-state index contributed by atoms with van der Waals surface area (Å²) in [5.41, 5.74) is 0. The van der Waals surface area contributed by atoms with Crippen molar-refractivity contribution in [3.8, 4) is 0 Å². The molecule has 1 aliphatic carbocycles. The molecule has 17 heavy (non-hydrogen) atoms. The van der Waals surface area contributed by atoms with Crippen LogP contribution in [-0.4, -0.2) is 28.8 Å². The van der Waals surface area contributed by atoms with E-state index in [1.54, 1.807) is 0 Å². The van der Waals surface area contributed by atoms with Crippen LogP contribution in [0, 0.1) is 0 Å². The summed E-state index contributed by atoms with van der Waals surface area (Å²) in [5.74, 6) is 1.94. The smallest absolute Gasteiger partial charge is 0.197 e. The van der Waals surface area contributed by atoms with Gasteiger partial charge in [0.05, 0.1) is 18.8 Å². The molecule has 0 aromatic carbocycles. The molecule has 0 saturated heterocycles. The first kappa shape index (κ1) is 10.6. The van der Waals surface area contributed by atoms with Crippen molar-refractivity contribution < 1.29 is 0 Å². The van der Waals surface area contributed by atoms with E-state index in [4.69, 9.17) is 0 Å². The summed E-state index contributed by atoms with van der Waals surface area (Å²) >= 11 is 0. The second-order valence-corrected chi connectivity index (χ2v) is 4.73. The fraction of sp³-hybridized carbons (Fsp3) is 0.667. The Morgan fingerprint density at radius 3 is 2.94 bits per heavy atom. The van der Waals surface area contributed by atoms with Crippen LogP contribution in [0.1, 0.15) is 38.1 Å². The van der Waals surface area contributed by atoms with Crippen LogP contribution in [0.2, 0.25) is 0 Å². The molecule has 1 aromatic rings. The third-order valence-electron chi connectivity index (χ3n) is 3.51. The molecule has 2 aliphatic rings. The predicted molar refractivity (Wildman–Crippen MR) is 68.3 cm³/mol. The van der Waals surface area contributed by atoms with Crippen molar-refractivity contribution in [2.45, 2.75) is 38.1 Å². The first-order valence-electron chi connectivity index (χ1n) is 6.52. The molecule has 5 nitrogen and oxygen atoms in total. The third kappa shape index (κ3) is 2.28. The van der Waals surface area contributed by atoms with Gasteiger partial charge < -0.3 is 10.6 Å². The molecule has 0 atom stereocenters. The minimum absolute atomic E-state index is 0.559. The fourth-order valence-corrected chi connectivity index (χ4v) is 2.63. The summed E-state index contributed by atoms with van der Waals surface area (Å²) in [6.07, 6.45) is 8.38. The zero-order chi connectivity index (χ0) is 11.5. The highest BCUT2D eigenvalue weighted by Gasteiger charge is 2.19. The summed E-state index contributed by atoms with van der Waals surface area (Å²) in [7, 11) is 0. The molecule has 0 amide bonds. The van der Waals surface area contributed by atoms with Gasteiger partial charge in [-0.05, 0) is 12.8 Å². The van der Waals surface area contributed by atoms with E-state index in [2.05, 4.69) is 25.4 Å². The van der Waals surface area contributed by atoms with Gasteiger partial charge in [0.1, 0.15) is 5.82 Å².